The second-order valence-corrected chi connectivity index (χ2v) is 5.24. The molecule has 1 heterocycles. The maximum Gasteiger partial charge on any atom is 0.303 e. The first-order valence-corrected chi connectivity index (χ1v) is 7.43. The lowest BCUT2D eigenvalue weighted by Gasteiger charge is -2.18. The Bertz CT molecular complexity index is 469. The number of carbonyl (C=O) groups is 1. The third-order valence-electron chi connectivity index (χ3n) is 3.74. The highest BCUT2D eigenvalue weighted by atomic mass is 16.5. The summed E-state index contributed by atoms with van der Waals surface area (Å²) in [5.41, 5.74) is 0.887. The van der Waals surface area contributed by atoms with E-state index in [2.05, 4.69) is 4.90 Å². The summed E-state index contributed by atoms with van der Waals surface area (Å²) < 4.78 is 11.2. The SMILES string of the molecule is COc1cccc(CCC(=O)O)c1OCCN1CCCC1. The van der Waals surface area contributed by atoms with Crippen molar-refractivity contribution in [1.29, 1.82) is 0 Å². The Kier molecular flexibility index (Phi) is 5.87. The van der Waals surface area contributed by atoms with Gasteiger partial charge in [-0.25, -0.2) is 0 Å². The van der Waals surface area contributed by atoms with E-state index in [4.69, 9.17) is 14.6 Å². The van der Waals surface area contributed by atoms with E-state index in [1.165, 1.54) is 12.8 Å². The highest BCUT2D eigenvalue weighted by molar-refractivity contribution is 5.67. The molecule has 0 saturated carbocycles. The Hall–Kier alpha value is -1.75. The summed E-state index contributed by atoms with van der Waals surface area (Å²) >= 11 is 0. The summed E-state index contributed by atoms with van der Waals surface area (Å²) in [4.78, 5) is 13.1. The van der Waals surface area contributed by atoms with Gasteiger partial charge in [-0.2, -0.15) is 0 Å². The van der Waals surface area contributed by atoms with Crippen LogP contribution >= 0.6 is 0 Å². The predicted molar refractivity (Wildman–Crippen MR) is 80.1 cm³/mol. The summed E-state index contributed by atoms with van der Waals surface area (Å²) in [6.07, 6.45) is 3.07. The van der Waals surface area contributed by atoms with E-state index in [9.17, 15) is 4.79 Å². The quantitative estimate of drug-likeness (QED) is 0.796. The zero-order valence-electron chi connectivity index (χ0n) is 12.5. The van der Waals surface area contributed by atoms with Crippen LogP contribution < -0.4 is 9.47 Å². The van der Waals surface area contributed by atoms with Crippen LogP contribution in [-0.2, 0) is 11.2 Å². The monoisotopic (exact) mass is 293 g/mol. The molecule has 0 atom stereocenters. The lowest BCUT2D eigenvalue weighted by Crippen LogP contribution is -2.25. The predicted octanol–water partition coefficient (Wildman–Crippen LogP) is 2.19. The highest BCUT2D eigenvalue weighted by Gasteiger charge is 2.14. The molecular formula is C16H23NO4. The average molecular weight is 293 g/mol. The summed E-state index contributed by atoms with van der Waals surface area (Å²) in [6.45, 7) is 3.78. The number of hydrogen-bond donors (Lipinski definition) is 1. The number of aryl methyl sites for hydroxylation is 1. The number of para-hydroxylation sites is 1. The molecule has 0 unspecified atom stereocenters. The number of hydrogen-bond acceptors (Lipinski definition) is 4. The van der Waals surface area contributed by atoms with Crippen molar-refractivity contribution in [3.05, 3.63) is 23.8 Å². The standard InChI is InChI=1S/C16H23NO4/c1-20-14-6-4-5-13(7-8-15(18)19)16(14)21-12-11-17-9-2-3-10-17/h4-6H,2-3,7-12H2,1H3,(H,18,19). The topological polar surface area (TPSA) is 59.0 Å². The van der Waals surface area contributed by atoms with Gasteiger partial charge in [0.15, 0.2) is 11.5 Å². The lowest BCUT2D eigenvalue weighted by molar-refractivity contribution is -0.136. The number of benzene rings is 1. The number of nitrogens with zero attached hydrogens (tertiary/aromatic N) is 1. The normalized spacial score (nSPS) is 15.1. The molecule has 0 aliphatic carbocycles. The van der Waals surface area contributed by atoms with Crippen LogP contribution in [0.5, 0.6) is 11.5 Å². The van der Waals surface area contributed by atoms with Gasteiger partial charge in [0.25, 0.3) is 0 Å². The van der Waals surface area contributed by atoms with Gasteiger partial charge in [-0.15, -0.1) is 0 Å². The minimum Gasteiger partial charge on any atom is -0.493 e. The van der Waals surface area contributed by atoms with E-state index in [0.717, 1.165) is 25.2 Å². The minimum absolute atomic E-state index is 0.0929. The maximum atomic E-state index is 10.7. The largest absolute Gasteiger partial charge is 0.493 e. The smallest absolute Gasteiger partial charge is 0.303 e. The average Bonchev–Trinajstić information content (AvgIpc) is 2.99. The van der Waals surface area contributed by atoms with E-state index >= 15 is 0 Å². The summed E-state index contributed by atoms with van der Waals surface area (Å²) in [5, 5.41) is 8.83. The number of methoxy groups -OCH3 is 1. The number of carboxylic acid groups (broad SMARTS) is 1. The Morgan fingerprint density at radius 1 is 1.33 bits per heavy atom. The zero-order chi connectivity index (χ0) is 15.1. The van der Waals surface area contributed by atoms with Crippen molar-refractivity contribution in [1.82, 2.24) is 4.90 Å². The molecule has 0 aromatic heterocycles. The van der Waals surface area contributed by atoms with Crippen LogP contribution in [0.15, 0.2) is 18.2 Å². The Morgan fingerprint density at radius 3 is 2.76 bits per heavy atom. The second kappa shape index (κ2) is 7.88. The summed E-state index contributed by atoms with van der Waals surface area (Å²) in [5.74, 6) is 0.542. The molecule has 1 aliphatic heterocycles. The second-order valence-electron chi connectivity index (χ2n) is 5.24. The molecular weight excluding hydrogens is 270 g/mol. The molecule has 0 spiro atoms. The number of rotatable bonds is 8. The van der Waals surface area contributed by atoms with Crippen molar-refractivity contribution in [3.63, 3.8) is 0 Å². The molecule has 5 heteroatoms. The minimum atomic E-state index is -0.805. The van der Waals surface area contributed by atoms with Crippen LogP contribution in [0.4, 0.5) is 0 Å². The molecule has 1 N–H and O–H groups in total. The highest BCUT2D eigenvalue weighted by Crippen LogP contribution is 2.32. The lowest BCUT2D eigenvalue weighted by atomic mass is 10.1. The molecule has 5 nitrogen and oxygen atoms in total. The van der Waals surface area contributed by atoms with E-state index in [1.54, 1.807) is 7.11 Å². The van der Waals surface area contributed by atoms with Gasteiger partial charge in [-0.1, -0.05) is 12.1 Å². The number of ether oxygens (including phenoxy) is 2. The molecule has 1 saturated heterocycles. The van der Waals surface area contributed by atoms with E-state index < -0.39 is 5.97 Å². The van der Waals surface area contributed by atoms with Gasteiger partial charge in [0.1, 0.15) is 6.61 Å². The van der Waals surface area contributed by atoms with Crippen molar-refractivity contribution in [2.75, 3.05) is 33.4 Å². The van der Waals surface area contributed by atoms with Gasteiger partial charge < -0.3 is 14.6 Å². The van der Waals surface area contributed by atoms with Crippen LogP contribution in [-0.4, -0.2) is 49.3 Å². The third-order valence-corrected chi connectivity index (χ3v) is 3.74. The van der Waals surface area contributed by atoms with Gasteiger partial charge in [0, 0.05) is 13.0 Å². The molecule has 1 aliphatic rings. The third kappa shape index (κ3) is 4.63. The number of likely N-dealkylation sites (tertiary alicyclic amines) is 1. The van der Waals surface area contributed by atoms with Gasteiger partial charge in [0.2, 0.25) is 0 Å². The number of aliphatic carboxylic acids is 1. The first-order valence-electron chi connectivity index (χ1n) is 7.43. The van der Waals surface area contributed by atoms with E-state index in [0.29, 0.717) is 24.5 Å². The van der Waals surface area contributed by atoms with Crippen molar-refractivity contribution in [3.8, 4) is 11.5 Å². The first kappa shape index (κ1) is 15.6. The molecule has 1 aromatic rings. The van der Waals surface area contributed by atoms with Crippen molar-refractivity contribution in [2.24, 2.45) is 0 Å². The molecule has 0 bridgehead atoms. The number of carboxylic acids is 1. The van der Waals surface area contributed by atoms with Crippen LogP contribution in [0.25, 0.3) is 0 Å². The molecule has 21 heavy (non-hydrogen) atoms. The Morgan fingerprint density at radius 2 is 2.10 bits per heavy atom. The van der Waals surface area contributed by atoms with Crippen molar-refractivity contribution >= 4 is 5.97 Å². The first-order chi connectivity index (χ1) is 10.2. The summed E-state index contributed by atoms with van der Waals surface area (Å²) in [7, 11) is 1.60. The molecule has 0 amide bonds. The van der Waals surface area contributed by atoms with Crippen LogP contribution in [0.1, 0.15) is 24.8 Å². The van der Waals surface area contributed by atoms with Crippen molar-refractivity contribution in [2.45, 2.75) is 25.7 Å². The van der Waals surface area contributed by atoms with Gasteiger partial charge in [-0.3, -0.25) is 9.69 Å². The van der Waals surface area contributed by atoms with E-state index in [1.807, 2.05) is 18.2 Å². The van der Waals surface area contributed by atoms with Crippen LogP contribution in [0, 0.1) is 0 Å². The maximum absolute atomic E-state index is 10.7. The Labute approximate surface area is 125 Å². The Balaban J connectivity index is 1.98. The molecule has 1 aromatic carbocycles. The van der Waals surface area contributed by atoms with Crippen LogP contribution in [0.3, 0.4) is 0 Å². The molecule has 1 fully saturated rings. The fourth-order valence-corrected chi connectivity index (χ4v) is 2.61. The van der Waals surface area contributed by atoms with Gasteiger partial charge in [-0.05, 0) is 44.0 Å². The fourth-order valence-electron chi connectivity index (χ4n) is 2.61. The van der Waals surface area contributed by atoms with Gasteiger partial charge >= 0.3 is 5.97 Å². The molecule has 116 valence electrons. The molecule has 2 rings (SSSR count). The van der Waals surface area contributed by atoms with Gasteiger partial charge in [0.05, 0.1) is 7.11 Å². The summed E-state index contributed by atoms with van der Waals surface area (Å²) in [6, 6.07) is 5.61. The fraction of sp³-hybridized carbons (Fsp3) is 0.562. The zero-order valence-corrected chi connectivity index (χ0v) is 12.5. The van der Waals surface area contributed by atoms with E-state index in [-0.39, 0.29) is 6.42 Å². The molecule has 0 radical (unpaired) electrons. The van der Waals surface area contributed by atoms with Crippen molar-refractivity contribution < 1.29 is 19.4 Å². The van der Waals surface area contributed by atoms with Crippen LogP contribution in [0.2, 0.25) is 0 Å².